The lowest BCUT2D eigenvalue weighted by Gasteiger charge is -2.07. The molecular weight excluding hydrogens is 290 g/mol. The fraction of sp³-hybridized carbons (Fsp3) is 0.0714. The summed E-state index contributed by atoms with van der Waals surface area (Å²) in [5.41, 5.74) is 9.15. The lowest BCUT2D eigenvalue weighted by Crippen LogP contribution is -1.99. The van der Waals surface area contributed by atoms with Crippen LogP contribution < -0.4 is 11.1 Å². The molecule has 2 rings (SSSR count). The Kier molecular flexibility index (Phi) is 3.85. The first kappa shape index (κ1) is 12.5. The molecule has 0 heterocycles. The molecule has 0 aromatic heterocycles. The zero-order chi connectivity index (χ0) is 13.0. The van der Waals surface area contributed by atoms with Crippen LogP contribution in [0.2, 0.25) is 0 Å². The van der Waals surface area contributed by atoms with Gasteiger partial charge in [0.15, 0.2) is 0 Å². The average molecular weight is 302 g/mol. The lowest BCUT2D eigenvalue weighted by molar-refractivity contribution is 1.15. The van der Waals surface area contributed by atoms with Crippen LogP contribution in [0.3, 0.4) is 0 Å². The number of benzene rings is 2. The van der Waals surface area contributed by atoms with Crippen molar-refractivity contribution in [2.45, 2.75) is 6.54 Å². The highest BCUT2D eigenvalue weighted by atomic mass is 79.9. The molecule has 4 heteroatoms. The van der Waals surface area contributed by atoms with Gasteiger partial charge in [0.25, 0.3) is 0 Å². The number of nitrogen functional groups attached to an aromatic ring is 1. The monoisotopic (exact) mass is 301 g/mol. The number of nitrogens with zero attached hydrogens (tertiary/aromatic N) is 1. The summed E-state index contributed by atoms with van der Waals surface area (Å²) in [5.74, 6) is 0. The molecule has 3 N–H and O–H groups in total. The van der Waals surface area contributed by atoms with Crippen LogP contribution in [0.1, 0.15) is 11.1 Å². The van der Waals surface area contributed by atoms with Gasteiger partial charge in [0.2, 0.25) is 0 Å². The van der Waals surface area contributed by atoms with Gasteiger partial charge in [0.05, 0.1) is 5.56 Å². The topological polar surface area (TPSA) is 61.8 Å². The van der Waals surface area contributed by atoms with E-state index < -0.39 is 0 Å². The van der Waals surface area contributed by atoms with Crippen LogP contribution in [-0.2, 0) is 6.54 Å². The third-order valence-corrected chi connectivity index (χ3v) is 3.22. The van der Waals surface area contributed by atoms with Crippen molar-refractivity contribution in [1.82, 2.24) is 0 Å². The molecule has 0 fully saturated rings. The fourth-order valence-corrected chi connectivity index (χ4v) is 2.02. The molecule has 2 aromatic carbocycles. The third kappa shape index (κ3) is 3.02. The van der Waals surface area contributed by atoms with Gasteiger partial charge in [0, 0.05) is 22.4 Å². The summed E-state index contributed by atoms with van der Waals surface area (Å²) >= 11 is 3.36. The van der Waals surface area contributed by atoms with Crippen molar-refractivity contribution in [3.05, 3.63) is 58.1 Å². The van der Waals surface area contributed by atoms with E-state index >= 15 is 0 Å². The summed E-state index contributed by atoms with van der Waals surface area (Å²) in [6.07, 6.45) is 0. The van der Waals surface area contributed by atoms with Crippen LogP contribution in [0.25, 0.3) is 0 Å². The second-order valence-corrected chi connectivity index (χ2v) is 4.76. The highest BCUT2D eigenvalue weighted by Crippen LogP contribution is 2.21. The van der Waals surface area contributed by atoms with Crippen LogP contribution in [0.15, 0.2) is 46.9 Å². The molecule has 0 unspecified atom stereocenters. The Morgan fingerprint density at radius 3 is 2.50 bits per heavy atom. The van der Waals surface area contributed by atoms with Crippen molar-refractivity contribution in [2.24, 2.45) is 0 Å². The lowest BCUT2D eigenvalue weighted by atomic mass is 10.2. The van der Waals surface area contributed by atoms with E-state index in [2.05, 4.69) is 27.3 Å². The predicted octanol–water partition coefficient (Wildman–Crippen LogP) is 3.52. The first-order valence-electron chi connectivity index (χ1n) is 5.47. The van der Waals surface area contributed by atoms with Gasteiger partial charge >= 0.3 is 0 Å². The minimum absolute atomic E-state index is 0.632. The molecule has 0 saturated heterocycles. The number of nitrogens with two attached hydrogens (primary N) is 1. The second kappa shape index (κ2) is 5.56. The van der Waals surface area contributed by atoms with Crippen molar-refractivity contribution >= 4 is 27.3 Å². The summed E-state index contributed by atoms with van der Waals surface area (Å²) < 4.78 is 0.798. The maximum Gasteiger partial charge on any atom is 0.100 e. The minimum atomic E-state index is 0.632. The largest absolute Gasteiger partial charge is 0.399 e. The zero-order valence-electron chi connectivity index (χ0n) is 9.65. The van der Waals surface area contributed by atoms with Gasteiger partial charge in [-0.2, -0.15) is 5.26 Å². The van der Waals surface area contributed by atoms with E-state index in [1.54, 1.807) is 6.07 Å². The standard InChI is InChI=1S/C14H12BrN3/c15-14-7-13(6-3-11(14)8-16)18-9-10-1-4-12(17)5-2-10/h1-7,18H,9,17H2. The van der Waals surface area contributed by atoms with Crippen LogP contribution in [0.5, 0.6) is 0 Å². The minimum Gasteiger partial charge on any atom is -0.399 e. The highest BCUT2D eigenvalue weighted by molar-refractivity contribution is 9.10. The SMILES string of the molecule is N#Cc1ccc(NCc2ccc(N)cc2)cc1Br. The first-order chi connectivity index (χ1) is 8.69. The van der Waals surface area contributed by atoms with Crippen molar-refractivity contribution in [3.8, 4) is 6.07 Å². The third-order valence-electron chi connectivity index (χ3n) is 2.57. The Labute approximate surface area is 114 Å². The van der Waals surface area contributed by atoms with E-state index in [0.717, 1.165) is 28.0 Å². The second-order valence-electron chi connectivity index (χ2n) is 3.90. The van der Waals surface area contributed by atoms with Crippen molar-refractivity contribution in [2.75, 3.05) is 11.1 Å². The Bertz CT molecular complexity index is 585. The van der Waals surface area contributed by atoms with Crippen molar-refractivity contribution in [1.29, 1.82) is 5.26 Å². The van der Waals surface area contributed by atoms with Gasteiger partial charge < -0.3 is 11.1 Å². The molecule has 0 spiro atoms. The molecule has 3 nitrogen and oxygen atoms in total. The molecule has 0 amide bonds. The van der Waals surface area contributed by atoms with Crippen LogP contribution >= 0.6 is 15.9 Å². The summed E-state index contributed by atoms with van der Waals surface area (Å²) in [4.78, 5) is 0. The van der Waals surface area contributed by atoms with E-state index in [1.165, 1.54) is 0 Å². The maximum absolute atomic E-state index is 8.83. The highest BCUT2D eigenvalue weighted by Gasteiger charge is 2.00. The molecule has 0 bridgehead atoms. The molecule has 0 aliphatic rings. The number of nitriles is 1. The summed E-state index contributed by atoms with van der Waals surface area (Å²) in [6.45, 7) is 0.721. The fourth-order valence-electron chi connectivity index (χ4n) is 1.56. The first-order valence-corrected chi connectivity index (χ1v) is 6.26. The number of hydrogen-bond acceptors (Lipinski definition) is 3. The Morgan fingerprint density at radius 1 is 1.17 bits per heavy atom. The van der Waals surface area contributed by atoms with E-state index in [4.69, 9.17) is 11.0 Å². The molecule has 90 valence electrons. The van der Waals surface area contributed by atoms with E-state index in [-0.39, 0.29) is 0 Å². The summed E-state index contributed by atoms with van der Waals surface area (Å²) in [7, 11) is 0. The molecule has 0 saturated carbocycles. The van der Waals surface area contributed by atoms with Gasteiger partial charge in [-0.3, -0.25) is 0 Å². The molecule has 0 atom stereocenters. The summed E-state index contributed by atoms with van der Waals surface area (Å²) in [6, 6.07) is 15.4. The average Bonchev–Trinajstić information content (AvgIpc) is 2.38. The Balaban J connectivity index is 2.04. The van der Waals surface area contributed by atoms with E-state index in [0.29, 0.717) is 5.56 Å². The van der Waals surface area contributed by atoms with Crippen LogP contribution in [0, 0.1) is 11.3 Å². The van der Waals surface area contributed by atoms with Gasteiger partial charge in [-0.1, -0.05) is 12.1 Å². The van der Waals surface area contributed by atoms with E-state index in [9.17, 15) is 0 Å². The van der Waals surface area contributed by atoms with Crippen molar-refractivity contribution < 1.29 is 0 Å². The number of hydrogen-bond donors (Lipinski definition) is 2. The van der Waals surface area contributed by atoms with Gasteiger partial charge in [0.1, 0.15) is 6.07 Å². The molecule has 2 aromatic rings. The molecule has 18 heavy (non-hydrogen) atoms. The number of rotatable bonds is 3. The molecule has 0 aliphatic heterocycles. The van der Waals surface area contributed by atoms with E-state index in [1.807, 2.05) is 36.4 Å². The zero-order valence-corrected chi connectivity index (χ0v) is 11.2. The normalized spacial score (nSPS) is 9.78. The summed E-state index contributed by atoms with van der Waals surface area (Å²) in [5, 5.41) is 12.1. The van der Waals surface area contributed by atoms with Crippen LogP contribution in [-0.4, -0.2) is 0 Å². The predicted molar refractivity (Wildman–Crippen MR) is 77.0 cm³/mol. The Hall–Kier alpha value is -1.99. The van der Waals surface area contributed by atoms with Gasteiger partial charge in [-0.15, -0.1) is 0 Å². The van der Waals surface area contributed by atoms with Gasteiger partial charge in [-0.05, 0) is 51.8 Å². The Morgan fingerprint density at radius 2 is 1.89 bits per heavy atom. The van der Waals surface area contributed by atoms with Crippen molar-refractivity contribution in [3.63, 3.8) is 0 Å². The van der Waals surface area contributed by atoms with Gasteiger partial charge in [-0.25, -0.2) is 0 Å². The number of halogens is 1. The number of nitrogens with one attached hydrogen (secondary N) is 1. The molecule has 0 aliphatic carbocycles. The van der Waals surface area contributed by atoms with Crippen LogP contribution in [0.4, 0.5) is 11.4 Å². The molecular formula is C14H12BrN3. The quantitative estimate of drug-likeness (QED) is 0.853. The molecule has 0 radical (unpaired) electrons. The smallest absolute Gasteiger partial charge is 0.100 e. The maximum atomic E-state index is 8.83. The number of anilines is 2.